The summed E-state index contributed by atoms with van der Waals surface area (Å²) >= 11 is 0. The van der Waals surface area contributed by atoms with Gasteiger partial charge in [0.1, 0.15) is 5.58 Å². The van der Waals surface area contributed by atoms with E-state index < -0.39 is 15.5 Å². The largest absolute Gasteiger partial charge is 0.452 e. The Morgan fingerprint density at radius 1 is 0.955 bits per heavy atom. The molecule has 0 saturated heterocycles. The van der Waals surface area contributed by atoms with Gasteiger partial charge in [0.05, 0.1) is 11.6 Å². The van der Waals surface area contributed by atoms with Crippen molar-refractivity contribution in [2.75, 3.05) is 6.26 Å². The molecule has 0 atom stereocenters. The Hall–Kier alpha value is -2.60. The molecule has 1 heterocycles. The van der Waals surface area contributed by atoms with E-state index in [4.69, 9.17) is 8.60 Å². The average molecular weight is 316 g/mol. The molecule has 3 aromatic rings. The number of hydrogen-bond acceptors (Lipinski definition) is 5. The van der Waals surface area contributed by atoms with Gasteiger partial charge in [-0.25, -0.2) is 0 Å². The molecular formula is C16H12O5S. The van der Waals surface area contributed by atoms with Crippen LogP contribution >= 0.6 is 0 Å². The Kier molecular flexibility index (Phi) is 3.46. The van der Waals surface area contributed by atoms with Crippen LogP contribution in [0.4, 0.5) is 0 Å². The molecular weight excluding hydrogens is 304 g/mol. The summed E-state index contributed by atoms with van der Waals surface area (Å²) in [6.45, 7) is 0. The predicted molar refractivity (Wildman–Crippen MR) is 83.4 cm³/mol. The Morgan fingerprint density at radius 3 is 2.27 bits per heavy atom. The molecule has 1 aromatic heterocycles. The van der Waals surface area contributed by atoms with Gasteiger partial charge < -0.3 is 8.60 Å². The van der Waals surface area contributed by atoms with Gasteiger partial charge in [0.15, 0.2) is 5.76 Å². The van der Waals surface area contributed by atoms with Crippen LogP contribution in [-0.4, -0.2) is 14.7 Å². The topological polar surface area (TPSA) is 73.6 Å². The lowest BCUT2D eigenvalue weighted by Crippen LogP contribution is -2.15. The molecule has 2 aromatic carbocycles. The zero-order valence-corrected chi connectivity index (χ0v) is 12.5. The van der Waals surface area contributed by atoms with Gasteiger partial charge in [-0.1, -0.05) is 42.5 Å². The van der Waals surface area contributed by atoms with Crippen molar-refractivity contribution in [3.8, 4) is 17.1 Å². The second-order valence-electron chi connectivity index (χ2n) is 4.74. The van der Waals surface area contributed by atoms with Gasteiger partial charge in [-0.15, -0.1) is 0 Å². The third-order valence-electron chi connectivity index (χ3n) is 3.03. The first-order valence-corrected chi connectivity index (χ1v) is 8.28. The standard InChI is InChI=1S/C16H12O5S/c1-22(18,19)21-16-14(17)12-9-5-6-10-13(12)20-15(16)11-7-3-2-4-8-11/h2-10H,1H3. The SMILES string of the molecule is CS(=O)(=O)Oc1c(-c2ccccc2)oc2ccccc2c1=O. The number of benzene rings is 2. The molecule has 0 N–H and O–H groups in total. The fourth-order valence-corrected chi connectivity index (χ4v) is 2.59. The highest BCUT2D eigenvalue weighted by molar-refractivity contribution is 7.86. The van der Waals surface area contributed by atoms with Crippen molar-refractivity contribution in [3.05, 3.63) is 64.8 Å². The fourth-order valence-electron chi connectivity index (χ4n) is 2.13. The molecule has 0 fully saturated rings. The maximum Gasteiger partial charge on any atom is 0.306 e. The van der Waals surface area contributed by atoms with E-state index in [0.717, 1.165) is 6.26 Å². The average Bonchev–Trinajstić information content (AvgIpc) is 2.50. The van der Waals surface area contributed by atoms with Gasteiger partial charge in [0, 0.05) is 5.56 Å². The summed E-state index contributed by atoms with van der Waals surface area (Å²) in [6.07, 6.45) is 0.885. The van der Waals surface area contributed by atoms with E-state index in [0.29, 0.717) is 11.1 Å². The Balaban J connectivity index is 2.38. The van der Waals surface area contributed by atoms with E-state index in [-0.39, 0.29) is 16.9 Å². The van der Waals surface area contributed by atoms with Crippen LogP contribution in [0.2, 0.25) is 0 Å². The zero-order valence-electron chi connectivity index (χ0n) is 11.6. The fraction of sp³-hybridized carbons (Fsp3) is 0.0625. The quantitative estimate of drug-likeness (QED) is 0.695. The van der Waals surface area contributed by atoms with E-state index >= 15 is 0 Å². The van der Waals surface area contributed by atoms with Gasteiger partial charge in [0.2, 0.25) is 11.2 Å². The van der Waals surface area contributed by atoms with Gasteiger partial charge in [0.25, 0.3) is 0 Å². The molecule has 0 spiro atoms. The lowest BCUT2D eigenvalue weighted by Gasteiger charge is -2.09. The third-order valence-corrected chi connectivity index (χ3v) is 3.50. The van der Waals surface area contributed by atoms with Crippen LogP contribution < -0.4 is 9.61 Å². The molecule has 6 heteroatoms. The number of para-hydroxylation sites is 1. The molecule has 5 nitrogen and oxygen atoms in total. The Labute approximate surface area is 126 Å². The predicted octanol–water partition coefficient (Wildman–Crippen LogP) is 2.80. The zero-order chi connectivity index (χ0) is 15.7. The smallest absolute Gasteiger partial charge is 0.306 e. The molecule has 0 bridgehead atoms. The van der Waals surface area contributed by atoms with Crippen molar-refractivity contribution in [3.63, 3.8) is 0 Å². The summed E-state index contributed by atoms with van der Waals surface area (Å²) in [6, 6.07) is 15.4. The Bertz CT molecular complexity index is 988. The highest BCUT2D eigenvalue weighted by Crippen LogP contribution is 2.31. The molecule has 0 aliphatic carbocycles. The van der Waals surface area contributed by atoms with E-state index in [1.807, 2.05) is 0 Å². The van der Waals surface area contributed by atoms with Crippen LogP contribution in [0.15, 0.2) is 63.8 Å². The number of rotatable bonds is 3. The van der Waals surface area contributed by atoms with Crippen LogP contribution in [0, 0.1) is 0 Å². The Morgan fingerprint density at radius 2 is 1.59 bits per heavy atom. The maximum atomic E-state index is 12.6. The van der Waals surface area contributed by atoms with Crippen molar-refractivity contribution < 1.29 is 17.0 Å². The number of fused-ring (bicyclic) bond motifs is 1. The highest BCUT2D eigenvalue weighted by Gasteiger charge is 2.20. The van der Waals surface area contributed by atoms with Crippen molar-refractivity contribution in [2.45, 2.75) is 0 Å². The highest BCUT2D eigenvalue weighted by atomic mass is 32.2. The van der Waals surface area contributed by atoms with Crippen LogP contribution in [0.5, 0.6) is 5.75 Å². The lowest BCUT2D eigenvalue weighted by molar-refractivity contribution is 0.478. The summed E-state index contributed by atoms with van der Waals surface area (Å²) in [5, 5.41) is 0.265. The second kappa shape index (κ2) is 5.31. The van der Waals surface area contributed by atoms with Gasteiger partial charge in [-0.2, -0.15) is 8.42 Å². The van der Waals surface area contributed by atoms with E-state index in [1.165, 1.54) is 0 Å². The minimum absolute atomic E-state index is 0.0923. The molecule has 22 heavy (non-hydrogen) atoms. The minimum atomic E-state index is -3.86. The molecule has 0 aliphatic rings. The first kappa shape index (κ1) is 14.3. The summed E-state index contributed by atoms with van der Waals surface area (Å²) in [4.78, 5) is 12.6. The molecule has 0 amide bonds. The lowest BCUT2D eigenvalue weighted by atomic mass is 10.1. The monoisotopic (exact) mass is 316 g/mol. The van der Waals surface area contributed by atoms with E-state index in [2.05, 4.69) is 0 Å². The van der Waals surface area contributed by atoms with Crippen LogP contribution in [-0.2, 0) is 10.1 Å². The van der Waals surface area contributed by atoms with E-state index in [9.17, 15) is 13.2 Å². The molecule has 0 radical (unpaired) electrons. The maximum absolute atomic E-state index is 12.6. The van der Waals surface area contributed by atoms with Crippen LogP contribution in [0.3, 0.4) is 0 Å². The third kappa shape index (κ3) is 2.73. The van der Waals surface area contributed by atoms with Gasteiger partial charge >= 0.3 is 10.1 Å². The van der Waals surface area contributed by atoms with Crippen molar-refractivity contribution in [1.29, 1.82) is 0 Å². The molecule has 0 saturated carbocycles. The van der Waals surface area contributed by atoms with Crippen LogP contribution in [0.1, 0.15) is 0 Å². The minimum Gasteiger partial charge on any atom is -0.452 e. The normalized spacial score (nSPS) is 11.5. The summed E-state index contributed by atoms with van der Waals surface area (Å²) in [5.41, 5.74) is 0.405. The van der Waals surface area contributed by atoms with Crippen molar-refractivity contribution in [1.82, 2.24) is 0 Å². The summed E-state index contributed by atoms with van der Waals surface area (Å²) in [7, 11) is -3.86. The summed E-state index contributed by atoms with van der Waals surface area (Å²) < 4.78 is 33.5. The van der Waals surface area contributed by atoms with Crippen LogP contribution in [0.25, 0.3) is 22.3 Å². The van der Waals surface area contributed by atoms with Crippen molar-refractivity contribution >= 4 is 21.1 Å². The van der Waals surface area contributed by atoms with Gasteiger partial charge in [-0.05, 0) is 12.1 Å². The van der Waals surface area contributed by atoms with E-state index in [1.54, 1.807) is 54.6 Å². The molecule has 0 unspecified atom stereocenters. The molecule has 0 aliphatic heterocycles. The number of hydrogen-bond donors (Lipinski definition) is 0. The molecule has 112 valence electrons. The van der Waals surface area contributed by atoms with Gasteiger partial charge in [-0.3, -0.25) is 4.79 Å². The summed E-state index contributed by atoms with van der Waals surface area (Å²) in [5.74, 6) is -0.234. The second-order valence-corrected chi connectivity index (χ2v) is 6.31. The molecule has 3 rings (SSSR count). The first-order valence-electron chi connectivity index (χ1n) is 6.46. The van der Waals surface area contributed by atoms with Crippen molar-refractivity contribution in [2.24, 2.45) is 0 Å². The first-order chi connectivity index (χ1) is 10.5.